The van der Waals surface area contributed by atoms with Gasteiger partial charge in [0.25, 0.3) is 0 Å². The van der Waals surface area contributed by atoms with Crippen molar-refractivity contribution in [2.24, 2.45) is 0 Å². The molecule has 4 rings (SSSR count). The number of carbonyl (C=O) groups is 1. The highest BCUT2D eigenvalue weighted by Crippen LogP contribution is 2.19. The number of nitrogens with one attached hydrogen (secondary N) is 2. The molecule has 0 fully saturated rings. The predicted octanol–water partition coefficient (Wildman–Crippen LogP) is 3.41. The monoisotopic (exact) mass is 372 g/mol. The molecular weight excluding hydrogens is 352 g/mol. The van der Waals surface area contributed by atoms with Crippen LogP contribution in [-0.4, -0.2) is 32.1 Å². The first-order valence-electron chi connectivity index (χ1n) is 9.08. The number of benzene rings is 2. The summed E-state index contributed by atoms with van der Waals surface area (Å²) in [5.41, 5.74) is 3.77. The smallest absolute Gasteiger partial charge is 0.321 e. The molecule has 0 radical (unpaired) electrons. The molecule has 1 unspecified atom stereocenters. The fraction of sp³-hybridized carbons (Fsp3) is 0.136. The predicted molar refractivity (Wildman–Crippen MR) is 108 cm³/mol. The second-order valence-corrected chi connectivity index (χ2v) is 6.62. The maximum absolute atomic E-state index is 11.7. The van der Waals surface area contributed by atoms with E-state index >= 15 is 0 Å². The summed E-state index contributed by atoms with van der Waals surface area (Å²) < 4.78 is 0. The zero-order chi connectivity index (χ0) is 19.3. The van der Waals surface area contributed by atoms with Crippen LogP contribution in [0.3, 0.4) is 0 Å². The van der Waals surface area contributed by atoms with Crippen LogP contribution in [0.4, 0.5) is 0 Å². The first-order valence-corrected chi connectivity index (χ1v) is 9.08. The van der Waals surface area contributed by atoms with Crippen molar-refractivity contribution in [1.29, 1.82) is 0 Å². The number of carboxylic acids is 1. The SMILES string of the molecule is O=C(O)C(Cc1c[nH]c2ccccc12)NCc1cnc(-c2ccccc2)nc1. The molecule has 140 valence electrons. The Bertz CT molecular complexity index is 1070. The second kappa shape index (κ2) is 8.02. The second-order valence-electron chi connectivity index (χ2n) is 6.62. The fourth-order valence-electron chi connectivity index (χ4n) is 3.19. The number of nitrogens with zero attached hydrogens (tertiary/aromatic N) is 2. The van der Waals surface area contributed by atoms with E-state index in [0.29, 0.717) is 18.8 Å². The van der Waals surface area contributed by atoms with Crippen LogP contribution in [0.2, 0.25) is 0 Å². The first kappa shape index (κ1) is 17.9. The molecule has 4 aromatic rings. The highest BCUT2D eigenvalue weighted by atomic mass is 16.4. The minimum absolute atomic E-state index is 0.383. The van der Waals surface area contributed by atoms with Gasteiger partial charge < -0.3 is 10.1 Å². The summed E-state index contributed by atoms with van der Waals surface area (Å²) in [6, 6.07) is 16.9. The molecule has 0 spiro atoms. The average molecular weight is 372 g/mol. The number of aromatic amines is 1. The molecule has 0 aliphatic rings. The lowest BCUT2D eigenvalue weighted by Crippen LogP contribution is -2.38. The van der Waals surface area contributed by atoms with Crippen LogP contribution in [0.1, 0.15) is 11.1 Å². The van der Waals surface area contributed by atoms with E-state index in [1.165, 1.54) is 0 Å². The molecule has 2 aromatic heterocycles. The summed E-state index contributed by atoms with van der Waals surface area (Å²) in [7, 11) is 0. The van der Waals surface area contributed by atoms with Crippen molar-refractivity contribution in [3.63, 3.8) is 0 Å². The van der Waals surface area contributed by atoms with Gasteiger partial charge in [-0.25, -0.2) is 9.97 Å². The van der Waals surface area contributed by atoms with Gasteiger partial charge in [0.2, 0.25) is 0 Å². The molecule has 0 saturated heterocycles. The van der Waals surface area contributed by atoms with Crippen LogP contribution in [0.5, 0.6) is 0 Å². The minimum atomic E-state index is -0.882. The van der Waals surface area contributed by atoms with Crippen LogP contribution in [0.15, 0.2) is 73.2 Å². The van der Waals surface area contributed by atoms with Gasteiger partial charge in [0, 0.05) is 53.6 Å². The summed E-state index contributed by atoms with van der Waals surface area (Å²) in [5, 5.41) is 13.8. The van der Waals surface area contributed by atoms with E-state index in [4.69, 9.17) is 0 Å². The number of hydrogen-bond donors (Lipinski definition) is 3. The summed E-state index contributed by atoms with van der Waals surface area (Å²) in [6.45, 7) is 0.383. The lowest BCUT2D eigenvalue weighted by molar-refractivity contribution is -0.139. The van der Waals surface area contributed by atoms with E-state index < -0.39 is 12.0 Å². The average Bonchev–Trinajstić information content (AvgIpc) is 3.15. The molecular formula is C22H20N4O2. The van der Waals surface area contributed by atoms with E-state index in [0.717, 1.165) is 27.6 Å². The minimum Gasteiger partial charge on any atom is -0.480 e. The van der Waals surface area contributed by atoms with Crippen molar-refractivity contribution in [1.82, 2.24) is 20.3 Å². The van der Waals surface area contributed by atoms with Crippen molar-refractivity contribution in [3.05, 3.63) is 84.3 Å². The summed E-state index contributed by atoms with van der Waals surface area (Å²) in [6.07, 6.45) is 5.72. The number of H-pyrrole nitrogens is 1. The van der Waals surface area contributed by atoms with Crippen LogP contribution < -0.4 is 5.32 Å². The number of fused-ring (bicyclic) bond motifs is 1. The largest absolute Gasteiger partial charge is 0.480 e. The standard InChI is InChI=1S/C22H20N4O2/c27-22(28)20(10-17-14-24-19-9-5-4-8-18(17)19)23-11-15-12-25-21(26-13-15)16-6-2-1-3-7-16/h1-9,12-14,20,23-24H,10-11H2,(H,27,28). The van der Waals surface area contributed by atoms with Crippen LogP contribution >= 0.6 is 0 Å². The van der Waals surface area contributed by atoms with Gasteiger partial charge in [-0.2, -0.15) is 0 Å². The normalized spacial score (nSPS) is 12.1. The number of para-hydroxylation sites is 1. The van der Waals surface area contributed by atoms with Gasteiger partial charge in [0.05, 0.1) is 0 Å². The topological polar surface area (TPSA) is 90.9 Å². The maximum Gasteiger partial charge on any atom is 0.321 e. The Balaban J connectivity index is 1.43. The Labute approximate surface area is 162 Å². The molecule has 2 heterocycles. The molecule has 0 bridgehead atoms. The molecule has 0 aliphatic carbocycles. The van der Waals surface area contributed by atoms with E-state index in [9.17, 15) is 9.90 Å². The Hall–Kier alpha value is -3.51. The molecule has 28 heavy (non-hydrogen) atoms. The summed E-state index contributed by atoms with van der Waals surface area (Å²) in [4.78, 5) is 23.7. The van der Waals surface area contributed by atoms with Gasteiger partial charge in [0.1, 0.15) is 6.04 Å². The highest BCUT2D eigenvalue weighted by Gasteiger charge is 2.19. The summed E-state index contributed by atoms with van der Waals surface area (Å²) in [5.74, 6) is -0.231. The van der Waals surface area contributed by atoms with Crippen molar-refractivity contribution >= 4 is 16.9 Å². The van der Waals surface area contributed by atoms with E-state index in [1.807, 2.05) is 60.8 Å². The summed E-state index contributed by atoms with van der Waals surface area (Å²) >= 11 is 0. The number of aromatic nitrogens is 3. The van der Waals surface area contributed by atoms with Crippen molar-refractivity contribution < 1.29 is 9.90 Å². The third-order valence-corrected chi connectivity index (χ3v) is 4.69. The van der Waals surface area contributed by atoms with Crippen LogP contribution in [0, 0.1) is 0 Å². The molecule has 6 nitrogen and oxygen atoms in total. The third-order valence-electron chi connectivity index (χ3n) is 4.69. The quantitative estimate of drug-likeness (QED) is 0.462. The van der Waals surface area contributed by atoms with Gasteiger partial charge in [-0.15, -0.1) is 0 Å². The Kier molecular flexibility index (Phi) is 5.12. The van der Waals surface area contributed by atoms with Crippen molar-refractivity contribution in [2.45, 2.75) is 19.0 Å². The molecule has 3 N–H and O–H groups in total. The van der Waals surface area contributed by atoms with Crippen LogP contribution in [0.25, 0.3) is 22.3 Å². The molecule has 2 aromatic carbocycles. The number of rotatable bonds is 7. The molecule has 6 heteroatoms. The van der Waals surface area contributed by atoms with Crippen LogP contribution in [-0.2, 0) is 17.8 Å². The lowest BCUT2D eigenvalue weighted by atomic mass is 10.0. The molecule has 0 saturated carbocycles. The van der Waals surface area contributed by atoms with Crippen molar-refractivity contribution in [2.75, 3.05) is 0 Å². The third kappa shape index (κ3) is 3.92. The van der Waals surface area contributed by atoms with E-state index in [1.54, 1.807) is 12.4 Å². The zero-order valence-electron chi connectivity index (χ0n) is 15.2. The van der Waals surface area contributed by atoms with Gasteiger partial charge >= 0.3 is 5.97 Å². The fourth-order valence-corrected chi connectivity index (χ4v) is 3.19. The van der Waals surface area contributed by atoms with Gasteiger partial charge in [-0.1, -0.05) is 48.5 Å². The first-order chi connectivity index (χ1) is 13.7. The Morgan fingerprint density at radius 1 is 1.04 bits per heavy atom. The van der Waals surface area contributed by atoms with Crippen molar-refractivity contribution in [3.8, 4) is 11.4 Å². The van der Waals surface area contributed by atoms with Gasteiger partial charge in [-0.3, -0.25) is 10.1 Å². The number of aliphatic carboxylic acids is 1. The number of hydrogen-bond acceptors (Lipinski definition) is 4. The lowest BCUT2D eigenvalue weighted by Gasteiger charge is -2.14. The molecule has 0 aliphatic heterocycles. The zero-order valence-corrected chi connectivity index (χ0v) is 15.2. The van der Waals surface area contributed by atoms with E-state index in [2.05, 4.69) is 20.3 Å². The van der Waals surface area contributed by atoms with E-state index in [-0.39, 0.29) is 0 Å². The Morgan fingerprint density at radius 3 is 2.50 bits per heavy atom. The maximum atomic E-state index is 11.7. The molecule has 0 amide bonds. The molecule has 1 atom stereocenters. The van der Waals surface area contributed by atoms with Gasteiger partial charge in [-0.05, 0) is 11.6 Å². The highest BCUT2D eigenvalue weighted by molar-refractivity contribution is 5.84. The van der Waals surface area contributed by atoms with Gasteiger partial charge in [0.15, 0.2) is 5.82 Å². The number of carboxylic acid groups (broad SMARTS) is 1. The Morgan fingerprint density at radius 2 is 1.75 bits per heavy atom.